The number of hydrogen-bond donors (Lipinski definition) is 3. The van der Waals surface area contributed by atoms with Gasteiger partial charge in [0.25, 0.3) is 0 Å². The van der Waals surface area contributed by atoms with Gasteiger partial charge in [0.1, 0.15) is 0 Å². The zero-order chi connectivity index (χ0) is 20.1. The predicted octanol–water partition coefficient (Wildman–Crippen LogP) is 2.65. The molecule has 2 fully saturated rings. The molecule has 0 aliphatic carbocycles. The van der Waals surface area contributed by atoms with Gasteiger partial charge in [0, 0.05) is 36.6 Å². The average Bonchev–Trinajstić information content (AvgIpc) is 3.20. The molecular weight excluding hydrogens is 376 g/mol. The van der Waals surface area contributed by atoms with Crippen molar-refractivity contribution in [1.82, 2.24) is 21.1 Å². The molecule has 6 nitrogen and oxygen atoms in total. The van der Waals surface area contributed by atoms with Gasteiger partial charge in [-0.3, -0.25) is 15.0 Å². The molecule has 2 amide bonds. The zero-order valence-corrected chi connectivity index (χ0v) is 17.5. The highest BCUT2D eigenvalue weighted by molar-refractivity contribution is 6.30. The Balaban J connectivity index is 1.52. The van der Waals surface area contributed by atoms with Crippen molar-refractivity contribution in [3.05, 3.63) is 34.9 Å². The lowest BCUT2D eigenvalue weighted by atomic mass is 9.93. The van der Waals surface area contributed by atoms with Crippen LogP contribution in [0.2, 0.25) is 5.02 Å². The maximum atomic E-state index is 12.9. The molecule has 28 heavy (non-hydrogen) atoms. The van der Waals surface area contributed by atoms with Gasteiger partial charge in [-0.2, -0.15) is 0 Å². The van der Waals surface area contributed by atoms with E-state index >= 15 is 0 Å². The van der Waals surface area contributed by atoms with Crippen LogP contribution in [0.1, 0.15) is 51.1 Å². The van der Waals surface area contributed by atoms with Crippen molar-refractivity contribution in [1.29, 1.82) is 0 Å². The van der Waals surface area contributed by atoms with Gasteiger partial charge < -0.3 is 10.2 Å². The monoisotopic (exact) mass is 406 g/mol. The normalized spacial score (nSPS) is 23.2. The first-order chi connectivity index (χ1) is 13.5. The van der Waals surface area contributed by atoms with E-state index in [1.807, 2.05) is 29.2 Å². The molecule has 2 heterocycles. The number of hydrogen-bond acceptors (Lipinski definition) is 4. The highest BCUT2D eigenvalue weighted by Gasteiger charge is 2.35. The van der Waals surface area contributed by atoms with E-state index in [2.05, 4.69) is 30.0 Å². The fourth-order valence-electron chi connectivity index (χ4n) is 4.18. The van der Waals surface area contributed by atoms with Gasteiger partial charge in [0.05, 0.1) is 12.0 Å². The van der Waals surface area contributed by atoms with E-state index in [1.165, 1.54) is 0 Å². The summed E-state index contributed by atoms with van der Waals surface area (Å²) < 4.78 is 0. The van der Waals surface area contributed by atoms with Gasteiger partial charge in [-0.1, -0.05) is 37.6 Å². The first-order valence-corrected chi connectivity index (χ1v) is 10.7. The summed E-state index contributed by atoms with van der Waals surface area (Å²) in [6, 6.07) is 7.65. The molecule has 1 aromatic rings. The van der Waals surface area contributed by atoms with Crippen LogP contribution in [0.15, 0.2) is 24.3 Å². The van der Waals surface area contributed by atoms with E-state index in [0.29, 0.717) is 11.6 Å². The van der Waals surface area contributed by atoms with E-state index in [4.69, 9.17) is 11.6 Å². The molecule has 3 rings (SSSR count). The maximum absolute atomic E-state index is 12.9. The average molecular weight is 407 g/mol. The Hall–Kier alpha value is -1.63. The summed E-state index contributed by atoms with van der Waals surface area (Å²) in [5.74, 6) is 0.274. The number of nitrogens with one attached hydrogen (secondary N) is 3. The zero-order valence-electron chi connectivity index (χ0n) is 16.7. The molecule has 2 unspecified atom stereocenters. The second-order valence-corrected chi connectivity index (χ2v) is 8.22. The number of carbonyl (C=O) groups is 2. The molecular formula is C21H31ClN4O2. The number of halogens is 1. The van der Waals surface area contributed by atoms with Crippen LogP contribution in [0.3, 0.4) is 0 Å². The van der Waals surface area contributed by atoms with Crippen LogP contribution in [0, 0.1) is 11.8 Å². The molecule has 2 atom stereocenters. The van der Waals surface area contributed by atoms with Gasteiger partial charge in [-0.05, 0) is 43.4 Å². The fourth-order valence-corrected chi connectivity index (χ4v) is 4.30. The summed E-state index contributed by atoms with van der Waals surface area (Å²) in [6.45, 7) is 6.18. The molecule has 2 aliphatic rings. The Morgan fingerprint density at radius 3 is 2.43 bits per heavy atom. The third-order valence-corrected chi connectivity index (χ3v) is 6.29. The van der Waals surface area contributed by atoms with E-state index in [9.17, 15) is 9.59 Å². The van der Waals surface area contributed by atoms with Gasteiger partial charge in [-0.15, -0.1) is 0 Å². The Morgan fingerprint density at radius 1 is 1.18 bits per heavy atom. The number of piperidine rings is 1. The van der Waals surface area contributed by atoms with Crippen LogP contribution >= 0.6 is 11.6 Å². The summed E-state index contributed by atoms with van der Waals surface area (Å²) in [5.41, 5.74) is 7.35. The number of benzene rings is 1. The lowest BCUT2D eigenvalue weighted by Gasteiger charge is -2.35. The van der Waals surface area contributed by atoms with Gasteiger partial charge in [0.2, 0.25) is 11.8 Å². The molecule has 2 aliphatic heterocycles. The van der Waals surface area contributed by atoms with Crippen molar-refractivity contribution in [3.8, 4) is 0 Å². The summed E-state index contributed by atoms with van der Waals surface area (Å²) in [6.07, 6.45) is 3.41. The summed E-state index contributed by atoms with van der Waals surface area (Å²) in [5, 5.41) is 3.89. The van der Waals surface area contributed by atoms with E-state index in [0.717, 1.165) is 44.3 Å². The minimum atomic E-state index is -0.176. The quantitative estimate of drug-likeness (QED) is 0.679. The van der Waals surface area contributed by atoms with Crippen LogP contribution in [0.4, 0.5) is 0 Å². The number of nitrogens with zero attached hydrogens (tertiary/aromatic N) is 1. The molecule has 1 aromatic carbocycles. The highest BCUT2D eigenvalue weighted by atomic mass is 35.5. The molecule has 7 heteroatoms. The third-order valence-electron chi connectivity index (χ3n) is 6.04. The summed E-state index contributed by atoms with van der Waals surface area (Å²) in [7, 11) is 0. The number of amides is 2. The Bertz CT molecular complexity index is 669. The van der Waals surface area contributed by atoms with Crippen LogP contribution in [0.5, 0.6) is 0 Å². The molecule has 0 saturated carbocycles. The molecule has 2 saturated heterocycles. The van der Waals surface area contributed by atoms with E-state index in [1.54, 1.807) is 0 Å². The lowest BCUT2D eigenvalue weighted by molar-refractivity contribution is -0.137. The molecule has 0 aromatic heterocycles. The van der Waals surface area contributed by atoms with Crippen LogP contribution in [0.25, 0.3) is 0 Å². The Labute approximate surface area is 172 Å². The standard InChI is InChI=1S/C21H31ClN4O2/c1-3-14(4-2)21(28)26-11-9-17(10-12-26)24-20(27)18-13-23-25-19(18)15-5-7-16(22)8-6-15/h5-8,14,17-19,23,25H,3-4,9-13H2,1-2H3,(H,24,27). The number of hydrazine groups is 1. The number of carbonyl (C=O) groups excluding carboxylic acids is 2. The molecule has 0 spiro atoms. The third kappa shape index (κ3) is 4.85. The van der Waals surface area contributed by atoms with Crippen molar-refractivity contribution in [2.75, 3.05) is 19.6 Å². The smallest absolute Gasteiger partial charge is 0.226 e. The first-order valence-electron chi connectivity index (χ1n) is 10.4. The molecule has 154 valence electrons. The van der Waals surface area contributed by atoms with Crippen molar-refractivity contribution in [2.24, 2.45) is 11.8 Å². The van der Waals surface area contributed by atoms with Crippen molar-refractivity contribution < 1.29 is 9.59 Å². The van der Waals surface area contributed by atoms with Crippen LogP contribution in [-0.4, -0.2) is 42.4 Å². The first kappa shape index (κ1) is 21.1. The number of rotatable bonds is 6. The Kier molecular flexibility index (Phi) is 7.32. The highest BCUT2D eigenvalue weighted by Crippen LogP contribution is 2.27. The van der Waals surface area contributed by atoms with Crippen LogP contribution in [-0.2, 0) is 9.59 Å². The van der Waals surface area contributed by atoms with Crippen LogP contribution < -0.4 is 16.2 Å². The second kappa shape index (κ2) is 9.72. The van der Waals surface area contributed by atoms with Crippen molar-refractivity contribution in [3.63, 3.8) is 0 Å². The molecule has 3 N–H and O–H groups in total. The summed E-state index contributed by atoms with van der Waals surface area (Å²) in [4.78, 5) is 27.4. The largest absolute Gasteiger partial charge is 0.353 e. The molecule has 0 bridgehead atoms. The maximum Gasteiger partial charge on any atom is 0.226 e. The minimum absolute atomic E-state index is 0.0576. The van der Waals surface area contributed by atoms with E-state index in [-0.39, 0.29) is 35.7 Å². The topological polar surface area (TPSA) is 73.5 Å². The van der Waals surface area contributed by atoms with Gasteiger partial charge in [-0.25, -0.2) is 5.43 Å². The summed E-state index contributed by atoms with van der Waals surface area (Å²) >= 11 is 5.97. The molecule has 0 radical (unpaired) electrons. The second-order valence-electron chi connectivity index (χ2n) is 7.78. The SMILES string of the molecule is CCC(CC)C(=O)N1CCC(NC(=O)C2CNNC2c2ccc(Cl)cc2)CC1. The Morgan fingerprint density at radius 2 is 1.82 bits per heavy atom. The number of likely N-dealkylation sites (tertiary alicyclic amines) is 1. The minimum Gasteiger partial charge on any atom is -0.353 e. The van der Waals surface area contributed by atoms with Gasteiger partial charge >= 0.3 is 0 Å². The predicted molar refractivity (Wildman–Crippen MR) is 111 cm³/mol. The van der Waals surface area contributed by atoms with E-state index < -0.39 is 0 Å². The lowest BCUT2D eigenvalue weighted by Crippen LogP contribution is -2.49. The van der Waals surface area contributed by atoms with Crippen molar-refractivity contribution in [2.45, 2.75) is 51.6 Å². The van der Waals surface area contributed by atoms with Crippen molar-refractivity contribution >= 4 is 23.4 Å². The van der Waals surface area contributed by atoms with Gasteiger partial charge in [0.15, 0.2) is 0 Å². The fraction of sp³-hybridized carbons (Fsp3) is 0.619.